The number of hydrogen-bond donors (Lipinski definition) is 0. The quantitative estimate of drug-likeness (QED) is 0.135. The molecule has 10 aromatic rings. The van der Waals surface area contributed by atoms with Crippen molar-refractivity contribution in [1.29, 1.82) is 0 Å². The van der Waals surface area contributed by atoms with Gasteiger partial charge in [0.05, 0.1) is 0 Å². The number of nitrogens with zero attached hydrogens (tertiary/aromatic N) is 3. The van der Waals surface area contributed by atoms with Gasteiger partial charge in [-0.1, -0.05) is 178 Å². The molecule has 7 aromatic carbocycles. The largest absolute Gasteiger partial charge is 3.00 e. The van der Waals surface area contributed by atoms with Gasteiger partial charge in [0.25, 0.3) is 0 Å². The molecular weight excluding hydrogens is 991 g/mol. The van der Waals surface area contributed by atoms with E-state index < -0.39 is 0 Å². The SMILES string of the molecule is CC(C)c1cccc(C(C)C)c1-c1ccc(-c2cc[c-]c(-c3ccccn3)c2)cc1.[Ir+3].[c-]1cc(-c2ccccc2)ccc1-c1ccc(-c2ccccc2)cn1.[c-]1ccccc1-c1ccccn1. The minimum absolute atomic E-state index is 0. The summed E-state index contributed by atoms with van der Waals surface area (Å²) >= 11 is 0. The zero-order valence-electron chi connectivity index (χ0n) is 38.3. The Morgan fingerprint density at radius 1 is 0.343 bits per heavy atom. The van der Waals surface area contributed by atoms with Crippen LogP contribution in [0.4, 0.5) is 0 Å². The second kappa shape index (κ2) is 23.7. The molecule has 328 valence electrons. The van der Waals surface area contributed by atoms with Gasteiger partial charge in [-0.3, -0.25) is 0 Å². The first-order valence-electron chi connectivity index (χ1n) is 22.5. The molecule has 3 heterocycles. The molecule has 3 nitrogen and oxygen atoms in total. The second-order valence-electron chi connectivity index (χ2n) is 16.6. The molecule has 0 aliphatic carbocycles. The Kier molecular flexibility index (Phi) is 16.8. The minimum atomic E-state index is 0. The van der Waals surface area contributed by atoms with Gasteiger partial charge in [-0.2, -0.15) is 0 Å². The first kappa shape index (κ1) is 47.6. The summed E-state index contributed by atoms with van der Waals surface area (Å²) in [5.41, 5.74) is 18.5. The number of benzene rings is 7. The van der Waals surface area contributed by atoms with Gasteiger partial charge in [-0.25, -0.2) is 0 Å². The van der Waals surface area contributed by atoms with E-state index in [9.17, 15) is 0 Å². The summed E-state index contributed by atoms with van der Waals surface area (Å²) in [4.78, 5) is 13.3. The first-order valence-corrected chi connectivity index (χ1v) is 22.5. The van der Waals surface area contributed by atoms with E-state index in [4.69, 9.17) is 0 Å². The molecule has 0 amide bonds. The molecule has 0 saturated heterocycles. The molecule has 0 radical (unpaired) electrons. The number of pyridine rings is 3. The van der Waals surface area contributed by atoms with Crippen molar-refractivity contribution in [2.24, 2.45) is 0 Å². The van der Waals surface area contributed by atoms with Crippen molar-refractivity contribution in [2.45, 2.75) is 39.5 Å². The summed E-state index contributed by atoms with van der Waals surface area (Å²) < 4.78 is 0. The Hall–Kier alpha value is -7.36. The van der Waals surface area contributed by atoms with Crippen LogP contribution in [0.1, 0.15) is 50.7 Å². The summed E-state index contributed by atoms with van der Waals surface area (Å²) in [5.74, 6) is 0.980. The second-order valence-corrected chi connectivity index (χ2v) is 16.6. The number of hydrogen-bond acceptors (Lipinski definition) is 3. The predicted octanol–water partition coefficient (Wildman–Crippen LogP) is 16.6. The van der Waals surface area contributed by atoms with Gasteiger partial charge in [0.15, 0.2) is 0 Å². The van der Waals surface area contributed by atoms with Crippen molar-refractivity contribution < 1.29 is 20.1 Å². The number of aromatic nitrogens is 3. The van der Waals surface area contributed by atoms with Crippen LogP contribution in [0, 0.1) is 18.2 Å². The Morgan fingerprint density at radius 3 is 1.39 bits per heavy atom. The number of rotatable bonds is 9. The average Bonchev–Trinajstić information content (AvgIpc) is 3.40. The van der Waals surface area contributed by atoms with Crippen molar-refractivity contribution in [1.82, 2.24) is 15.0 Å². The third-order valence-electron chi connectivity index (χ3n) is 11.3. The maximum Gasteiger partial charge on any atom is 3.00 e. The molecule has 3 aromatic heterocycles. The Labute approximate surface area is 410 Å². The minimum Gasteiger partial charge on any atom is -0.305 e. The summed E-state index contributed by atoms with van der Waals surface area (Å²) in [7, 11) is 0. The van der Waals surface area contributed by atoms with Crippen LogP contribution >= 0.6 is 0 Å². The van der Waals surface area contributed by atoms with E-state index in [0.29, 0.717) is 11.8 Å². The average molecular weight is 1040 g/mol. The van der Waals surface area contributed by atoms with Gasteiger partial charge >= 0.3 is 20.1 Å². The van der Waals surface area contributed by atoms with Crippen LogP contribution in [-0.4, -0.2) is 15.0 Å². The van der Waals surface area contributed by atoms with E-state index in [-0.39, 0.29) is 20.1 Å². The van der Waals surface area contributed by atoms with Crippen molar-refractivity contribution in [3.63, 3.8) is 0 Å². The molecule has 4 heteroatoms. The van der Waals surface area contributed by atoms with Crippen LogP contribution in [0.2, 0.25) is 0 Å². The van der Waals surface area contributed by atoms with Crippen LogP contribution < -0.4 is 0 Å². The van der Waals surface area contributed by atoms with Gasteiger partial charge in [0.1, 0.15) is 0 Å². The third-order valence-corrected chi connectivity index (χ3v) is 11.3. The topological polar surface area (TPSA) is 38.7 Å². The summed E-state index contributed by atoms with van der Waals surface area (Å²) in [6.45, 7) is 9.10. The van der Waals surface area contributed by atoms with Crippen LogP contribution in [0.5, 0.6) is 0 Å². The van der Waals surface area contributed by atoms with Crippen molar-refractivity contribution in [3.05, 3.63) is 260 Å². The molecule has 0 atom stereocenters. The van der Waals surface area contributed by atoms with E-state index in [1.165, 1.54) is 50.1 Å². The van der Waals surface area contributed by atoms with Crippen LogP contribution in [0.25, 0.3) is 78.3 Å². The van der Waals surface area contributed by atoms with E-state index in [2.05, 4.69) is 164 Å². The summed E-state index contributed by atoms with van der Waals surface area (Å²) in [6.07, 6.45) is 5.53. The summed E-state index contributed by atoms with van der Waals surface area (Å²) in [5, 5.41) is 0. The molecule has 10 rings (SSSR count). The van der Waals surface area contributed by atoms with E-state index in [0.717, 1.165) is 39.3 Å². The Morgan fingerprint density at radius 2 is 0.851 bits per heavy atom. The Bertz CT molecular complexity index is 2870. The van der Waals surface area contributed by atoms with Gasteiger partial charge in [0.2, 0.25) is 0 Å². The predicted molar refractivity (Wildman–Crippen MR) is 275 cm³/mol. The van der Waals surface area contributed by atoms with E-state index in [1.807, 2.05) is 122 Å². The van der Waals surface area contributed by atoms with Crippen molar-refractivity contribution in [2.75, 3.05) is 0 Å². The smallest absolute Gasteiger partial charge is 0.305 e. The standard InChI is InChI=1S/C29H28N.C23H16N.C11H8N.Ir/c1-20(2)26-11-8-12-27(21(3)4)29(26)23-16-14-22(15-17-23)24-9-7-10-25(19-24)28-13-5-6-18-30-28;1-3-7-18(8-4-1)20-11-13-21(14-12-20)23-16-15-22(17-24-23)19-9-5-2-6-10-19;1-2-6-10(7-3-1)11-8-4-5-9-12-11;/h5-9,11-21H,1-4H3;1-13,15-17H;1-6,8-9H;/q3*-1;+3. The van der Waals surface area contributed by atoms with E-state index in [1.54, 1.807) is 6.20 Å². The molecule has 0 unspecified atom stereocenters. The molecule has 0 saturated carbocycles. The third kappa shape index (κ3) is 12.5. The van der Waals surface area contributed by atoms with Crippen LogP contribution in [0.3, 0.4) is 0 Å². The van der Waals surface area contributed by atoms with Gasteiger partial charge in [-0.05, 0) is 80.0 Å². The Balaban J connectivity index is 0.000000160. The fraction of sp³-hybridized carbons (Fsp3) is 0.0952. The molecule has 0 aliphatic heterocycles. The van der Waals surface area contributed by atoms with Gasteiger partial charge in [-0.15, -0.1) is 101 Å². The molecule has 0 spiro atoms. The zero-order valence-corrected chi connectivity index (χ0v) is 40.7. The normalized spacial score (nSPS) is 10.5. The van der Waals surface area contributed by atoms with Crippen molar-refractivity contribution >= 4 is 0 Å². The monoisotopic (exact) mass is 1040 g/mol. The molecule has 67 heavy (non-hydrogen) atoms. The fourth-order valence-electron chi connectivity index (χ4n) is 7.85. The van der Waals surface area contributed by atoms with Crippen molar-refractivity contribution in [3.8, 4) is 78.3 Å². The zero-order chi connectivity index (χ0) is 45.5. The molecule has 0 bridgehead atoms. The van der Waals surface area contributed by atoms with Gasteiger partial charge < -0.3 is 15.0 Å². The van der Waals surface area contributed by atoms with Crippen LogP contribution in [-0.2, 0) is 20.1 Å². The molecule has 0 aliphatic rings. The fourth-order valence-corrected chi connectivity index (χ4v) is 7.85. The first-order chi connectivity index (χ1) is 32.4. The van der Waals surface area contributed by atoms with Crippen LogP contribution in [0.15, 0.2) is 231 Å². The maximum atomic E-state index is 4.60. The molecule has 0 fully saturated rings. The van der Waals surface area contributed by atoms with E-state index >= 15 is 0 Å². The summed E-state index contributed by atoms with van der Waals surface area (Å²) in [6, 6.07) is 82.4. The molecule has 0 N–H and O–H groups in total. The molecular formula is C63H52IrN3. The maximum absolute atomic E-state index is 4.60. The van der Waals surface area contributed by atoms with Gasteiger partial charge in [0, 0.05) is 18.6 Å².